The third kappa shape index (κ3) is 4.40. The number of rotatable bonds is 3. The van der Waals surface area contributed by atoms with Crippen molar-refractivity contribution in [3.8, 4) is 11.3 Å². The van der Waals surface area contributed by atoms with Crippen LogP contribution in [0.25, 0.3) is 11.3 Å². The van der Waals surface area contributed by atoms with Gasteiger partial charge in [0.25, 0.3) is 5.91 Å². The lowest BCUT2D eigenvalue weighted by molar-refractivity contribution is 0.0951. The van der Waals surface area contributed by atoms with Crippen LogP contribution in [0.3, 0.4) is 0 Å². The first-order chi connectivity index (χ1) is 12.4. The maximum atomic E-state index is 12.3. The molecule has 0 atom stereocenters. The van der Waals surface area contributed by atoms with Gasteiger partial charge in [0.1, 0.15) is 5.76 Å². The Balaban J connectivity index is 1.70. The maximum absolute atomic E-state index is 12.3. The number of carbonyl (C=O) groups is 1. The fourth-order valence-corrected chi connectivity index (χ4v) is 3.11. The molecule has 0 saturated heterocycles. The van der Waals surface area contributed by atoms with E-state index >= 15 is 0 Å². The van der Waals surface area contributed by atoms with Gasteiger partial charge in [0.15, 0.2) is 10.9 Å². The molecule has 0 aliphatic carbocycles. The number of carbonyl (C=O) groups excluding carboxylic acids is 1. The van der Waals surface area contributed by atoms with Crippen LogP contribution in [0.1, 0.15) is 10.6 Å². The molecule has 1 amide bonds. The van der Waals surface area contributed by atoms with Gasteiger partial charge in [0.05, 0.1) is 10.7 Å². The van der Waals surface area contributed by atoms with E-state index in [2.05, 4.69) is 23.3 Å². The zero-order valence-corrected chi connectivity index (χ0v) is 16.3. The number of hydrogen-bond acceptors (Lipinski definition) is 4. The van der Waals surface area contributed by atoms with Gasteiger partial charge in [0, 0.05) is 15.5 Å². The van der Waals surface area contributed by atoms with Crippen LogP contribution in [0.4, 0.5) is 5.69 Å². The normalized spacial score (nSPS) is 10.4. The Morgan fingerprint density at radius 2 is 1.85 bits per heavy atom. The van der Waals surface area contributed by atoms with Crippen LogP contribution in [0.15, 0.2) is 63.9 Å². The zero-order valence-electron chi connectivity index (χ0n) is 13.1. The number of benzene rings is 2. The van der Waals surface area contributed by atoms with Crippen molar-refractivity contribution >= 4 is 64.8 Å². The lowest BCUT2D eigenvalue weighted by Crippen LogP contribution is -2.34. The summed E-state index contributed by atoms with van der Waals surface area (Å²) >= 11 is 21.5. The summed E-state index contributed by atoms with van der Waals surface area (Å²) in [6.07, 6.45) is 0. The number of anilines is 1. The van der Waals surface area contributed by atoms with Gasteiger partial charge in [-0.2, -0.15) is 0 Å². The number of hydrogen-bond donors (Lipinski definition) is 3. The van der Waals surface area contributed by atoms with E-state index in [1.807, 2.05) is 18.2 Å². The van der Waals surface area contributed by atoms with Gasteiger partial charge in [-0.15, -0.1) is 12.6 Å². The number of furan rings is 1. The molecule has 0 radical (unpaired) electrons. The molecule has 8 heteroatoms. The number of nitrogens with one attached hydrogen (secondary N) is 2. The molecule has 0 aliphatic heterocycles. The highest BCUT2D eigenvalue weighted by molar-refractivity contribution is 7.81. The first-order valence-electron chi connectivity index (χ1n) is 7.39. The lowest BCUT2D eigenvalue weighted by atomic mass is 10.2. The second-order valence-corrected chi connectivity index (χ2v) is 6.95. The van der Waals surface area contributed by atoms with Crippen molar-refractivity contribution in [1.82, 2.24) is 5.32 Å². The standard InChI is InChI=1S/C18H12Cl2N2O2S2/c19-10-5-6-11(12(20)9-10)14-7-8-15(24-14)17(23)22-18(26)21-13-3-1-2-4-16(13)25/h1-9,25H,(H2,21,22,23,26). The van der Waals surface area contributed by atoms with Gasteiger partial charge >= 0.3 is 0 Å². The van der Waals surface area contributed by atoms with E-state index in [1.165, 1.54) is 0 Å². The Morgan fingerprint density at radius 3 is 2.58 bits per heavy atom. The minimum Gasteiger partial charge on any atom is -0.451 e. The van der Waals surface area contributed by atoms with E-state index < -0.39 is 5.91 Å². The largest absolute Gasteiger partial charge is 0.451 e. The van der Waals surface area contributed by atoms with Crippen LogP contribution in [0, 0.1) is 0 Å². The van der Waals surface area contributed by atoms with E-state index in [4.69, 9.17) is 39.8 Å². The van der Waals surface area contributed by atoms with Crippen LogP contribution >= 0.6 is 48.0 Å². The average Bonchev–Trinajstić information content (AvgIpc) is 3.07. The minimum absolute atomic E-state index is 0.106. The third-order valence-corrected chi connectivity index (χ3v) is 4.55. The van der Waals surface area contributed by atoms with Crippen LogP contribution in [-0.2, 0) is 0 Å². The van der Waals surface area contributed by atoms with Crippen LogP contribution < -0.4 is 10.6 Å². The molecule has 3 aromatic rings. The van der Waals surface area contributed by atoms with Crippen molar-refractivity contribution in [3.05, 3.63) is 70.4 Å². The molecule has 0 aliphatic rings. The Kier molecular flexibility index (Phi) is 5.88. The van der Waals surface area contributed by atoms with Gasteiger partial charge in [-0.3, -0.25) is 10.1 Å². The van der Waals surface area contributed by atoms with Crippen molar-refractivity contribution < 1.29 is 9.21 Å². The summed E-state index contributed by atoms with van der Waals surface area (Å²) in [6.45, 7) is 0. The van der Waals surface area contributed by atoms with E-state index in [1.54, 1.807) is 36.4 Å². The van der Waals surface area contributed by atoms with Crippen LogP contribution in [-0.4, -0.2) is 11.0 Å². The summed E-state index contributed by atoms with van der Waals surface area (Å²) in [5.41, 5.74) is 1.33. The monoisotopic (exact) mass is 422 g/mol. The van der Waals surface area contributed by atoms with Crippen molar-refractivity contribution in [3.63, 3.8) is 0 Å². The van der Waals surface area contributed by atoms with Gasteiger partial charge in [0.2, 0.25) is 0 Å². The fraction of sp³-hybridized carbons (Fsp3) is 0. The molecule has 0 saturated carbocycles. The first-order valence-corrected chi connectivity index (χ1v) is 9.01. The molecular formula is C18H12Cl2N2O2S2. The minimum atomic E-state index is -0.476. The fourth-order valence-electron chi connectivity index (χ4n) is 2.19. The van der Waals surface area contributed by atoms with E-state index in [9.17, 15) is 4.79 Å². The Hall–Kier alpha value is -1.99. The van der Waals surface area contributed by atoms with E-state index in [-0.39, 0.29) is 10.9 Å². The lowest BCUT2D eigenvalue weighted by Gasteiger charge is -2.10. The molecule has 0 fully saturated rings. The van der Waals surface area contributed by atoms with Crippen molar-refractivity contribution in [2.24, 2.45) is 0 Å². The highest BCUT2D eigenvalue weighted by Crippen LogP contribution is 2.31. The van der Waals surface area contributed by atoms with Gasteiger partial charge in [-0.25, -0.2) is 0 Å². The summed E-state index contributed by atoms with van der Waals surface area (Å²) in [4.78, 5) is 13.0. The Labute approximate surface area is 170 Å². The highest BCUT2D eigenvalue weighted by atomic mass is 35.5. The van der Waals surface area contributed by atoms with E-state index in [0.717, 1.165) is 0 Å². The van der Waals surface area contributed by atoms with Crippen molar-refractivity contribution in [2.45, 2.75) is 4.90 Å². The van der Waals surface area contributed by atoms with Gasteiger partial charge in [-0.05, 0) is 54.7 Å². The third-order valence-electron chi connectivity index (χ3n) is 3.41. The summed E-state index contributed by atoms with van der Waals surface area (Å²) < 4.78 is 5.58. The van der Waals surface area contributed by atoms with Crippen LogP contribution in [0.2, 0.25) is 10.0 Å². The van der Waals surface area contributed by atoms with Crippen molar-refractivity contribution in [1.29, 1.82) is 0 Å². The zero-order chi connectivity index (χ0) is 18.7. The van der Waals surface area contributed by atoms with Crippen molar-refractivity contribution in [2.75, 3.05) is 5.32 Å². The summed E-state index contributed by atoms with van der Waals surface area (Å²) in [5, 5.41) is 6.56. The summed E-state index contributed by atoms with van der Waals surface area (Å²) in [5.74, 6) is 0.0844. The smallest absolute Gasteiger partial charge is 0.293 e. The quantitative estimate of drug-likeness (QED) is 0.375. The number of para-hydroxylation sites is 1. The molecule has 0 unspecified atom stereocenters. The number of halogens is 2. The Bertz CT molecular complexity index is 989. The second kappa shape index (κ2) is 8.14. The molecule has 2 N–H and O–H groups in total. The van der Waals surface area contributed by atoms with E-state index in [0.29, 0.717) is 32.0 Å². The predicted molar refractivity (Wildman–Crippen MR) is 112 cm³/mol. The highest BCUT2D eigenvalue weighted by Gasteiger charge is 2.15. The topological polar surface area (TPSA) is 54.3 Å². The number of amides is 1. The summed E-state index contributed by atoms with van der Waals surface area (Å²) in [7, 11) is 0. The van der Waals surface area contributed by atoms with Crippen LogP contribution in [0.5, 0.6) is 0 Å². The number of thiocarbonyl (C=S) groups is 1. The molecule has 4 nitrogen and oxygen atoms in total. The van der Waals surface area contributed by atoms with Gasteiger partial charge in [-0.1, -0.05) is 35.3 Å². The average molecular weight is 423 g/mol. The Morgan fingerprint density at radius 1 is 1.08 bits per heavy atom. The number of thiol groups is 1. The molecule has 132 valence electrons. The molecule has 1 aromatic heterocycles. The molecule has 2 aromatic carbocycles. The SMILES string of the molecule is O=C(NC(=S)Nc1ccccc1S)c1ccc(-c2ccc(Cl)cc2Cl)o1. The molecule has 26 heavy (non-hydrogen) atoms. The second-order valence-electron chi connectivity index (χ2n) is 5.21. The predicted octanol–water partition coefficient (Wildman–Crippen LogP) is 5.67. The van der Waals surface area contributed by atoms with Gasteiger partial charge < -0.3 is 9.73 Å². The maximum Gasteiger partial charge on any atom is 0.293 e. The molecule has 0 bridgehead atoms. The first kappa shape index (κ1) is 18.8. The molecular weight excluding hydrogens is 411 g/mol. The molecule has 0 spiro atoms. The summed E-state index contributed by atoms with van der Waals surface area (Å²) in [6, 6.07) is 15.5. The molecule has 3 rings (SSSR count). The molecule has 1 heterocycles.